The number of nitrogens with zero attached hydrogens (tertiary/aromatic N) is 2. The first kappa shape index (κ1) is 6.69. The van der Waals surface area contributed by atoms with E-state index in [1.165, 1.54) is 12.1 Å². The third kappa shape index (κ3) is 1.11. The van der Waals surface area contributed by atoms with Crippen LogP contribution in [0.25, 0.3) is 4.98 Å². The zero-order valence-electron chi connectivity index (χ0n) is 5.50. The van der Waals surface area contributed by atoms with Crippen LogP contribution in [0.5, 0.6) is 0 Å². The number of hydrogen-bond donors (Lipinski definition) is 0. The largest absolute Gasteiger partial charge is 0.390 e. The van der Waals surface area contributed by atoms with Gasteiger partial charge in [0, 0.05) is 5.56 Å². The van der Waals surface area contributed by atoms with Crippen molar-refractivity contribution < 1.29 is 4.39 Å². The minimum Gasteiger partial charge on any atom is -0.207 e. The highest BCUT2D eigenvalue weighted by atomic mass is 19.1. The number of rotatable bonds is 0. The van der Waals surface area contributed by atoms with Crippen LogP contribution in [-0.4, -0.2) is 0 Å². The van der Waals surface area contributed by atoms with Crippen LogP contribution in [0.2, 0.25) is 0 Å². The van der Waals surface area contributed by atoms with Gasteiger partial charge in [-0.25, -0.2) is 4.39 Å². The van der Waals surface area contributed by atoms with Gasteiger partial charge >= 0.3 is 5.69 Å². The molecule has 0 atom stereocenters. The molecule has 0 bridgehead atoms. The third-order valence-electron chi connectivity index (χ3n) is 1.28. The fraction of sp³-hybridized carbons (Fsp3) is 0.143. The molecule has 0 fully saturated rings. The summed E-state index contributed by atoms with van der Waals surface area (Å²) < 4.78 is 12.4. The lowest BCUT2D eigenvalue weighted by molar-refractivity contribution is 0.628. The molecular weight excluding hydrogens is 131 g/mol. The molecule has 0 heterocycles. The summed E-state index contributed by atoms with van der Waals surface area (Å²) in [7, 11) is 0. The van der Waals surface area contributed by atoms with Gasteiger partial charge in [-0.1, -0.05) is 0 Å². The Bertz CT molecular complexity index is 288. The average molecular weight is 137 g/mol. The van der Waals surface area contributed by atoms with Gasteiger partial charge in [-0.05, 0) is 19.1 Å². The minimum absolute atomic E-state index is 0.278. The van der Waals surface area contributed by atoms with Crippen LogP contribution in [0, 0.1) is 18.1 Å². The molecule has 0 unspecified atom stereocenters. The fourth-order valence-corrected chi connectivity index (χ4v) is 0.690. The first-order valence-electron chi connectivity index (χ1n) is 2.85. The summed E-state index contributed by atoms with van der Waals surface area (Å²) in [6, 6.07) is 4.06. The first-order valence-corrected chi connectivity index (χ1v) is 2.85. The summed E-state index contributed by atoms with van der Waals surface area (Å²) in [5.41, 5.74) is 1.03. The lowest BCUT2D eigenvalue weighted by Gasteiger charge is -1.84. The van der Waals surface area contributed by atoms with Crippen molar-refractivity contribution in [3.05, 3.63) is 34.6 Å². The number of aryl methyl sites for hydroxylation is 1. The molecule has 1 aromatic rings. The Labute approximate surface area is 57.9 Å². The van der Waals surface area contributed by atoms with Crippen LogP contribution in [0.3, 0.4) is 0 Å². The highest BCUT2D eigenvalue weighted by Crippen LogP contribution is 2.18. The molecule has 0 saturated carbocycles. The Kier molecular flexibility index (Phi) is 1.63. The second-order valence-electron chi connectivity index (χ2n) is 2.03. The zero-order chi connectivity index (χ0) is 7.56. The number of hydrogen-bond acceptors (Lipinski definition) is 1. The second kappa shape index (κ2) is 2.44. The van der Waals surface area contributed by atoms with Gasteiger partial charge in [0.1, 0.15) is 5.82 Å². The summed E-state index contributed by atoms with van der Waals surface area (Å²) in [6.45, 7) is 1.74. The molecule has 0 aliphatic rings. The zero-order valence-corrected chi connectivity index (χ0v) is 5.50. The SMILES string of the molecule is Cc1ccc(F)cc1[N+]#N. The molecule has 2 nitrogen and oxygen atoms in total. The summed E-state index contributed by atoms with van der Waals surface area (Å²) in [6.07, 6.45) is 0. The molecule has 0 N–H and O–H groups in total. The molecule has 0 aliphatic heterocycles. The maximum absolute atomic E-state index is 12.4. The van der Waals surface area contributed by atoms with Crippen LogP contribution in [0.15, 0.2) is 18.2 Å². The molecule has 3 heteroatoms. The van der Waals surface area contributed by atoms with Gasteiger partial charge in [0.2, 0.25) is 5.39 Å². The van der Waals surface area contributed by atoms with Crippen LogP contribution in [0.4, 0.5) is 10.1 Å². The summed E-state index contributed by atoms with van der Waals surface area (Å²) in [4.78, 5) is 2.89. The molecule has 1 aromatic carbocycles. The fourth-order valence-electron chi connectivity index (χ4n) is 0.690. The minimum atomic E-state index is -0.390. The van der Waals surface area contributed by atoms with Crippen LogP contribution in [-0.2, 0) is 0 Å². The highest BCUT2D eigenvalue weighted by molar-refractivity contribution is 5.50. The number of diazo groups is 1. The lowest BCUT2D eigenvalue weighted by atomic mass is 10.2. The van der Waals surface area contributed by atoms with Crippen LogP contribution < -0.4 is 0 Å². The number of benzene rings is 1. The molecular formula is C7H6FN2+. The van der Waals surface area contributed by atoms with Gasteiger partial charge in [-0.2, -0.15) is 0 Å². The molecule has 0 saturated heterocycles. The van der Waals surface area contributed by atoms with Crippen molar-refractivity contribution in [2.24, 2.45) is 0 Å². The van der Waals surface area contributed by atoms with Gasteiger partial charge in [0.05, 0.1) is 6.07 Å². The Balaban J connectivity index is 3.25. The standard InChI is InChI=1S/C7H6FN2/c1-5-2-3-6(8)4-7(5)10-9/h2-4H,1H3/q+1. The maximum atomic E-state index is 12.4. The Morgan fingerprint density at radius 2 is 2.20 bits per heavy atom. The van der Waals surface area contributed by atoms with Crippen molar-refractivity contribution in [2.75, 3.05) is 0 Å². The molecule has 0 aliphatic carbocycles. The highest BCUT2D eigenvalue weighted by Gasteiger charge is 2.09. The predicted octanol–water partition coefficient (Wildman–Crippen LogP) is 2.62. The molecule has 1 rings (SSSR count). The molecule has 10 heavy (non-hydrogen) atoms. The van der Waals surface area contributed by atoms with Crippen molar-refractivity contribution in [2.45, 2.75) is 6.92 Å². The van der Waals surface area contributed by atoms with Gasteiger partial charge in [-0.3, -0.25) is 0 Å². The van der Waals surface area contributed by atoms with E-state index in [1.54, 1.807) is 13.0 Å². The molecule has 0 amide bonds. The average Bonchev–Trinajstić information content (AvgIpc) is 1.94. The molecule has 50 valence electrons. The Hall–Kier alpha value is -1.43. The van der Waals surface area contributed by atoms with E-state index >= 15 is 0 Å². The van der Waals surface area contributed by atoms with Crippen molar-refractivity contribution >= 4 is 5.69 Å². The first-order chi connectivity index (χ1) is 4.74. The predicted molar refractivity (Wildman–Crippen MR) is 35.9 cm³/mol. The van der Waals surface area contributed by atoms with E-state index in [0.717, 1.165) is 5.56 Å². The van der Waals surface area contributed by atoms with E-state index < -0.39 is 5.82 Å². The van der Waals surface area contributed by atoms with Crippen molar-refractivity contribution in [1.29, 1.82) is 5.39 Å². The van der Waals surface area contributed by atoms with Crippen LogP contribution in [0.1, 0.15) is 5.56 Å². The van der Waals surface area contributed by atoms with Crippen molar-refractivity contribution in [3.8, 4) is 0 Å². The smallest absolute Gasteiger partial charge is 0.207 e. The third-order valence-corrected chi connectivity index (χ3v) is 1.28. The lowest BCUT2D eigenvalue weighted by Crippen LogP contribution is -1.74. The summed E-state index contributed by atoms with van der Waals surface area (Å²) >= 11 is 0. The Morgan fingerprint density at radius 3 is 2.70 bits per heavy atom. The van der Waals surface area contributed by atoms with E-state index in [1.807, 2.05) is 0 Å². The van der Waals surface area contributed by atoms with Gasteiger partial charge in [-0.15, -0.1) is 0 Å². The van der Waals surface area contributed by atoms with E-state index in [4.69, 9.17) is 5.39 Å². The summed E-state index contributed by atoms with van der Waals surface area (Å²) in [5.74, 6) is -0.390. The topological polar surface area (TPSA) is 28.1 Å². The van der Waals surface area contributed by atoms with Crippen molar-refractivity contribution in [3.63, 3.8) is 0 Å². The molecule has 0 aromatic heterocycles. The van der Waals surface area contributed by atoms with E-state index in [-0.39, 0.29) is 5.69 Å². The Morgan fingerprint density at radius 1 is 1.50 bits per heavy atom. The van der Waals surface area contributed by atoms with Gasteiger partial charge in [0.25, 0.3) is 0 Å². The summed E-state index contributed by atoms with van der Waals surface area (Å²) in [5, 5.41) is 8.30. The van der Waals surface area contributed by atoms with E-state index in [0.29, 0.717) is 0 Å². The molecule has 0 spiro atoms. The van der Waals surface area contributed by atoms with E-state index in [2.05, 4.69) is 4.98 Å². The van der Waals surface area contributed by atoms with Crippen molar-refractivity contribution in [1.82, 2.24) is 0 Å². The van der Waals surface area contributed by atoms with Gasteiger partial charge < -0.3 is 0 Å². The molecule has 0 radical (unpaired) electrons. The second-order valence-corrected chi connectivity index (χ2v) is 2.03. The van der Waals surface area contributed by atoms with E-state index in [9.17, 15) is 4.39 Å². The quantitative estimate of drug-likeness (QED) is 0.505. The van der Waals surface area contributed by atoms with Crippen LogP contribution >= 0.6 is 0 Å². The van der Waals surface area contributed by atoms with Gasteiger partial charge in [0.15, 0.2) is 4.98 Å². The monoisotopic (exact) mass is 137 g/mol. The number of halogens is 1. The maximum Gasteiger partial charge on any atom is 0.390 e. The normalized spacial score (nSPS) is 8.90.